The predicted molar refractivity (Wildman–Crippen MR) is 154 cm³/mol. The molecule has 0 N–H and O–H groups in total. The number of nitrogens with zero attached hydrogens (tertiary/aromatic N) is 1. The van der Waals surface area contributed by atoms with E-state index in [9.17, 15) is 14.4 Å². The van der Waals surface area contributed by atoms with Crippen LogP contribution in [0.15, 0.2) is 60.7 Å². The van der Waals surface area contributed by atoms with E-state index in [1.807, 2.05) is 53.4 Å². The van der Waals surface area contributed by atoms with Gasteiger partial charge < -0.3 is 19.1 Å². The lowest BCUT2D eigenvalue weighted by molar-refractivity contribution is -0.149. The Hall–Kier alpha value is -4.13. The van der Waals surface area contributed by atoms with Gasteiger partial charge in [-0.05, 0) is 78.6 Å². The highest BCUT2D eigenvalue weighted by molar-refractivity contribution is 5.96. The van der Waals surface area contributed by atoms with Crippen molar-refractivity contribution in [2.24, 2.45) is 0 Å². The van der Waals surface area contributed by atoms with Gasteiger partial charge in [-0.3, -0.25) is 14.4 Å². The van der Waals surface area contributed by atoms with Crippen molar-refractivity contribution in [3.63, 3.8) is 0 Å². The normalized spacial score (nSPS) is 12.4. The van der Waals surface area contributed by atoms with E-state index in [0.29, 0.717) is 26.0 Å². The van der Waals surface area contributed by atoms with Gasteiger partial charge >= 0.3 is 11.9 Å². The molecule has 0 bridgehead atoms. The molecule has 1 heterocycles. The summed E-state index contributed by atoms with van der Waals surface area (Å²) in [6, 6.07) is 20.0. The Morgan fingerprint density at radius 1 is 0.875 bits per heavy atom. The smallest absolute Gasteiger partial charge is 0.306 e. The number of ether oxygens (including phenoxy) is 3. The number of esters is 2. The van der Waals surface area contributed by atoms with Gasteiger partial charge in [-0.25, -0.2) is 0 Å². The van der Waals surface area contributed by atoms with Crippen LogP contribution in [0.3, 0.4) is 0 Å². The molecule has 1 aliphatic heterocycles. The number of rotatable bonds is 11. The van der Waals surface area contributed by atoms with Crippen LogP contribution in [0.1, 0.15) is 54.4 Å². The van der Waals surface area contributed by atoms with Gasteiger partial charge in [0.25, 0.3) is 0 Å². The van der Waals surface area contributed by atoms with Crippen molar-refractivity contribution in [1.29, 1.82) is 0 Å². The number of hydrogen-bond donors (Lipinski definition) is 0. The Labute approximate surface area is 236 Å². The number of carbonyl (C=O) groups is 3. The molecule has 0 fully saturated rings. The zero-order valence-electron chi connectivity index (χ0n) is 23.5. The average molecular weight is 544 g/mol. The number of aryl methyl sites for hydroxylation is 1. The molecule has 4 rings (SSSR count). The summed E-state index contributed by atoms with van der Waals surface area (Å²) >= 11 is 0. The lowest BCUT2D eigenvalue weighted by Crippen LogP contribution is -2.35. The predicted octanol–water partition coefficient (Wildman–Crippen LogP) is 6.11. The molecule has 0 aromatic heterocycles. The summed E-state index contributed by atoms with van der Waals surface area (Å²) in [5.41, 5.74) is 7.50. The van der Waals surface area contributed by atoms with Gasteiger partial charge in [0, 0.05) is 18.7 Å². The number of amides is 1. The van der Waals surface area contributed by atoms with Gasteiger partial charge in [0.2, 0.25) is 5.91 Å². The van der Waals surface area contributed by atoms with E-state index in [1.54, 1.807) is 0 Å². The zero-order valence-corrected chi connectivity index (χ0v) is 23.5. The van der Waals surface area contributed by atoms with Crippen LogP contribution in [0.2, 0.25) is 0 Å². The molecule has 3 aromatic carbocycles. The summed E-state index contributed by atoms with van der Waals surface area (Å²) in [5, 5.41) is 0. The third kappa shape index (κ3) is 7.29. The van der Waals surface area contributed by atoms with E-state index >= 15 is 0 Å². The SMILES string of the molecule is COC(=O)CCC(=O)OCc1ccc(-c2cccc3c2CCCN3C(=O)CCCOc2cccc(C)c2C)cc1. The largest absolute Gasteiger partial charge is 0.493 e. The number of benzene rings is 3. The molecule has 1 aliphatic rings. The third-order valence-electron chi connectivity index (χ3n) is 7.32. The molecule has 0 atom stereocenters. The van der Waals surface area contributed by atoms with Gasteiger partial charge in [0.15, 0.2) is 0 Å². The van der Waals surface area contributed by atoms with Crippen LogP contribution in [-0.4, -0.2) is 38.1 Å². The first-order valence-corrected chi connectivity index (χ1v) is 13.8. The maximum atomic E-state index is 13.2. The second-order valence-corrected chi connectivity index (χ2v) is 10.0. The molecule has 1 amide bonds. The minimum atomic E-state index is -0.437. The fourth-order valence-corrected chi connectivity index (χ4v) is 4.90. The lowest BCUT2D eigenvalue weighted by atomic mass is 9.91. The highest BCUT2D eigenvalue weighted by Crippen LogP contribution is 2.36. The first-order chi connectivity index (χ1) is 19.4. The standard InChI is InChI=1S/C33H37NO6/c1-23-8-4-12-30(24(23)2)39-21-7-13-31(35)34-20-6-10-28-27(9-5-11-29(28)34)26-16-14-25(15-17-26)22-40-33(37)19-18-32(36)38-3/h4-5,8-9,11-12,14-17H,6-7,10,13,18-22H2,1-3H3. The molecule has 7 heteroatoms. The van der Waals surface area contributed by atoms with Crippen molar-refractivity contribution in [1.82, 2.24) is 0 Å². The molecule has 0 aliphatic carbocycles. The van der Waals surface area contributed by atoms with Crippen molar-refractivity contribution in [2.45, 2.75) is 59.0 Å². The quantitative estimate of drug-likeness (QED) is 0.215. The number of fused-ring (bicyclic) bond motifs is 1. The van der Waals surface area contributed by atoms with Crippen molar-refractivity contribution < 1.29 is 28.6 Å². The Kier molecular flexibility index (Phi) is 9.95. The van der Waals surface area contributed by atoms with Crippen LogP contribution in [0.5, 0.6) is 5.75 Å². The summed E-state index contributed by atoms with van der Waals surface area (Å²) in [4.78, 5) is 38.2. The Morgan fingerprint density at radius 3 is 2.40 bits per heavy atom. The second-order valence-electron chi connectivity index (χ2n) is 10.0. The molecule has 0 saturated carbocycles. The number of hydrogen-bond acceptors (Lipinski definition) is 6. The second kappa shape index (κ2) is 13.8. The van der Waals surface area contributed by atoms with Crippen molar-refractivity contribution in [2.75, 3.05) is 25.2 Å². The van der Waals surface area contributed by atoms with E-state index in [2.05, 4.69) is 30.7 Å². The Morgan fingerprint density at radius 2 is 1.62 bits per heavy atom. The summed E-state index contributed by atoms with van der Waals surface area (Å²) in [6.45, 7) is 5.48. The minimum absolute atomic E-state index is 0.00442. The van der Waals surface area contributed by atoms with E-state index in [0.717, 1.165) is 46.5 Å². The van der Waals surface area contributed by atoms with Crippen LogP contribution in [0, 0.1) is 13.8 Å². The number of anilines is 1. The molecule has 0 unspecified atom stereocenters. The first kappa shape index (κ1) is 28.9. The molecular formula is C33H37NO6. The van der Waals surface area contributed by atoms with Crippen LogP contribution in [-0.2, 0) is 36.9 Å². The van der Waals surface area contributed by atoms with Gasteiger partial charge in [0.1, 0.15) is 12.4 Å². The van der Waals surface area contributed by atoms with Crippen LogP contribution in [0.25, 0.3) is 11.1 Å². The van der Waals surface area contributed by atoms with E-state index in [1.165, 1.54) is 18.2 Å². The molecule has 0 radical (unpaired) electrons. The van der Waals surface area contributed by atoms with Crippen molar-refractivity contribution >= 4 is 23.5 Å². The molecule has 0 spiro atoms. The van der Waals surface area contributed by atoms with Crippen LogP contribution >= 0.6 is 0 Å². The topological polar surface area (TPSA) is 82.1 Å². The maximum absolute atomic E-state index is 13.2. The number of methoxy groups -OCH3 is 1. The summed E-state index contributed by atoms with van der Waals surface area (Å²) in [7, 11) is 1.29. The molecule has 210 valence electrons. The lowest BCUT2D eigenvalue weighted by Gasteiger charge is -2.31. The summed E-state index contributed by atoms with van der Waals surface area (Å²) in [6.07, 6.45) is 2.91. The monoisotopic (exact) mass is 543 g/mol. The van der Waals surface area contributed by atoms with Crippen LogP contribution < -0.4 is 9.64 Å². The molecule has 7 nitrogen and oxygen atoms in total. The minimum Gasteiger partial charge on any atom is -0.493 e. The Balaban J connectivity index is 1.35. The third-order valence-corrected chi connectivity index (χ3v) is 7.32. The van der Waals surface area contributed by atoms with Crippen molar-refractivity contribution in [3.8, 4) is 16.9 Å². The van der Waals surface area contributed by atoms with Gasteiger partial charge in [-0.1, -0.05) is 48.5 Å². The molecular weight excluding hydrogens is 506 g/mol. The van der Waals surface area contributed by atoms with E-state index in [-0.39, 0.29) is 25.4 Å². The average Bonchev–Trinajstić information content (AvgIpc) is 2.98. The maximum Gasteiger partial charge on any atom is 0.306 e. The highest BCUT2D eigenvalue weighted by atomic mass is 16.5. The van der Waals surface area contributed by atoms with E-state index < -0.39 is 11.9 Å². The van der Waals surface area contributed by atoms with E-state index in [4.69, 9.17) is 9.47 Å². The molecule has 40 heavy (non-hydrogen) atoms. The molecule has 3 aromatic rings. The number of carbonyl (C=O) groups excluding carboxylic acids is 3. The first-order valence-electron chi connectivity index (χ1n) is 13.8. The molecule has 0 saturated heterocycles. The van der Waals surface area contributed by atoms with Crippen LogP contribution in [0.4, 0.5) is 5.69 Å². The van der Waals surface area contributed by atoms with Crippen molar-refractivity contribution in [3.05, 3.63) is 82.9 Å². The summed E-state index contributed by atoms with van der Waals surface area (Å²) in [5.74, 6) is 0.123. The highest BCUT2D eigenvalue weighted by Gasteiger charge is 2.24. The zero-order chi connectivity index (χ0) is 28.5. The fourth-order valence-electron chi connectivity index (χ4n) is 4.90. The van der Waals surface area contributed by atoms with Gasteiger partial charge in [-0.2, -0.15) is 0 Å². The fraction of sp³-hybridized carbons (Fsp3) is 0.364. The summed E-state index contributed by atoms with van der Waals surface area (Å²) < 4.78 is 15.8. The Bertz CT molecular complexity index is 1350. The van der Waals surface area contributed by atoms with Gasteiger partial charge in [0.05, 0.1) is 26.6 Å². The van der Waals surface area contributed by atoms with Gasteiger partial charge in [-0.15, -0.1) is 0 Å².